The summed E-state index contributed by atoms with van der Waals surface area (Å²) < 4.78 is 36.2. The molecule has 0 spiro atoms. The number of nitrogens with zero attached hydrogens (tertiary/aromatic N) is 4. The second-order valence-electron chi connectivity index (χ2n) is 10.4. The number of halogens is 2. The molecule has 0 amide bonds. The van der Waals surface area contributed by atoms with Crippen LogP contribution in [0.4, 0.5) is 31.8 Å². The average Bonchev–Trinajstić information content (AvgIpc) is 3.75. The molecule has 3 aromatic rings. The van der Waals surface area contributed by atoms with Crippen molar-refractivity contribution in [1.82, 2.24) is 15.3 Å². The van der Waals surface area contributed by atoms with Gasteiger partial charge in [0.2, 0.25) is 5.95 Å². The van der Waals surface area contributed by atoms with Crippen LogP contribution in [0.1, 0.15) is 38.2 Å². The van der Waals surface area contributed by atoms with Crippen molar-refractivity contribution in [2.45, 2.75) is 38.6 Å². The summed E-state index contributed by atoms with van der Waals surface area (Å²) in [5.41, 5.74) is 4.73. The Morgan fingerprint density at radius 2 is 1.87 bits per heavy atom. The van der Waals surface area contributed by atoms with E-state index in [1.165, 1.54) is 6.07 Å². The van der Waals surface area contributed by atoms with Gasteiger partial charge in [-0.15, -0.1) is 0 Å². The van der Waals surface area contributed by atoms with Gasteiger partial charge in [0.25, 0.3) is 0 Å². The molecular weight excluding hydrogens is 486 g/mol. The van der Waals surface area contributed by atoms with Crippen molar-refractivity contribution >= 4 is 23.0 Å². The molecule has 3 aliphatic rings. The highest BCUT2D eigenvalue weighted by Crippen LogP contribution is 2.51. The maximum atomic E-state index is 15.1. The van der Waals surface area contributed by atoms with Crippen LogP contribution in [0, 0.1) is 11.6 Å². The number of rotatable bonds is 6. The van der Waals surface area contributed by atoms with Gasteiger partial charge in [0.05, 0.1) is 17.6 Å². The molecule has 1 aromatic heterocycles. The Bertz CT molecular complexity index is 1380. The van der Waals surface area contributed by atoms with Crippen LogP contribution in [-0.4, -0.2) is 48.8 Å². The van der Waals surface area contributed by atoms with E-state index in [9.17, 15) is 4.39 Å². The van der Waals surface area contributed by atoms with Crippen LogP contribution >= 0.6 is 0 Å². The van der Waals surface area contributed by atoms with E-state index < -0.39 is 5.82 Å². The third kappa shape index (κ3) is 4.67. The van der Waals surface area contributed by atoms with E-state index in [1.54, 1.807) is 12.1 Å². The fourth-order valence-corrected chi connectivity index (χ4v) is 5.35. The summed E-state index contributed by atoms with van der Waals surface area (Å²) in [5, 5.41) is 6.32. The average molecular weight is 519 g/mol. The van der Waals surface area contributed by atoms with E-state index in [0.717, 1.165) is 67.9 Å². The minimum absolute atomic E-state index is 0.166. The van der Waals surface area contributed by atoms with Gasteiger partial charge in [-0.25, -0.2) is 18.7 Å². The van der Waals surface area contributed by atoms with Crippen molar-refractivity contribution in [2.75, 3.05) is 47.9 Å². The molecule has 3 heterocycles. The lowest BCUT2D eigenvalue weighted by Crippen LogP contribution is -2.43. The van der Waals surface area contributed by atoms with Gasteiger partial charge in [0, 0.05) is 54.7 Å². The summed E-state index contributed by atoms with van der Waals surface area (Å²) in [7, 11) is 0. The first-order valence-electron chi connectivity index (χ1n) is 13.2. The summed E-state index contributed by atoms with van der Waals surface area (Å²) in [6, 6.07) is 9.05. The summed E-state index contributed by atoms with van der Waals surface area (Å²) in [5.74, 6) is 0.595. The van der Waals surface area contributed by atoms with Gasteiger partial charge in [-0.05, 0) is 62.9 Å². The molecule has 198 valence electrons. The molecule has 2 aromatic carbocycles. The first-order valence-corrected chi connectivity index (χ1v) is 13.2. The third-order valence-corrected chi connectivity index (χ3v) is 7.29. The fourth-order valence-electron chi connectivity index (χ4n) is 5.35. The third-order valence-electron chi connectivity index (χ3n) is 7.29. The number of hydrogen-bond acceptors (Lipinski definition) is 7. The monoisotopic (exact) mass is 518 g/mol. The molecule has 0 bridgehead atoms. The van der Waals surface area contributed by atoms with Crippen molar-refractivity contribution in [3.8, 4) is 17.0 Å². The second-order valence-corrected chi connectivity index (χ2v) is 10.4. The van der Waals surface area contributed by atoms with Crippen LogP contribution in [0.15, 0.2) is 48.8 Å². The Labute approximate surface area is 221 Å². The highest BCUT2D eigenvalue weighted by atomic mass is 19.1. The molecule has 6 rings (SSSR count). The Morgan fingerprint density at radius 1 is 1.08 bits per heavy atom. The molecule has 1 aliphatic carbocycles. The predicted molar refractivity (Wildman–Crippen MR) is 146 cm³/mol. The van der Waals surface area contributed by atoms with Crippen LogP contribution in [-0.2, 0) is 0 Å². The molecule has 0 radical (unpaired) electrons. The number of aromatic nitrogens is 2. The standard InChI is InChI=1S/C29H32F2N6O/c1-17(2)37-18(3)16-38-28-22(19-4-5-19)12-20(13-26(28)37)27-24(31)15-33-29(35-27)34-21-6-7-25(23(30)14-21)36-10-8-32-9-11-36/h6-7,12-15,17,19,32H,3-5,8-11,16H2,1-2H3,(H,33,34,35). The molecule has 0 atom stereocenters. The summed E-state index contributed by atoms with van der Waals surface area (Å²) in [4.78, 5) is 12.8. The Morgan fingerprint density at radius 3 is 2.58 bits per heavy atom. The van der Waals surface area contributed by atoms with Crippen LogP contribution in [0.5, 0.6) is 5.75 Å². The molecule has 2 fully saturated rings. The van der Waals surface area contributed by atoms with Gasteiger partial charge in [0.15, 0.2) is 5.82 Å². The largest absolute Gasteiger partial charge is 0.485 e. The lowest BCUT2D eigenvalue weighted by Gasteiger charge is -2.37. The number of hydrogen-bond donors (Lipinski definition) is 2. The maximum absolute atomic E-state index is 15.1. The van der Waals surface area contributed by atoms with Gasteiger partial charge in [-0.3, -0.25) is 0 Å². The van der Waals surface area contributed by atoms with E-state index >= 15 is 4.39 Å². The fraction of sp³-hybridized carbons (Fsp3) is 0.379. The zero-order chi connectivity index (χ0) is 26.4. The first-order chi connectivity index (χ1) is 18.4. The predicted octanol–water partition coefficient (Wildman–Crippen LogP) is 5.57. The molecule has 1 saturated heterocycles. The Hall–Kier alpha value is -3.72. The zero-order valence-corrected chi connectivity index (χ0v) is 21.7. The molecule has 7 nitrogen and oxygen atoms in total. The van der Waals surface area contributed by atoms with Gasteiger partial charge in [0.1, 0.15) is 23.9 Å². The van der Waals surface area contributed by atoms with Crippen molar-refractivity contribution in [3.63, 3.8) is 0 Å². The topological polar surface area (TPSA) is 65.5 Å². The van der Waals surface area contributed by atoms with Gasteiger partial charge in [-0.1, -0.05) is 6.58 Å². The highest BCUT2D eigenvalue weighted by molar-refractivity contribution is 5.77. The minimum Gasteiger partial charge on any atom is -0.485 e. The normalized spacial score (nSPS) is 17.4. The maximum Gasteiger partial charge on any atom is 0.227 e. The molecule has 2 N–H and O–H groups in total. The molecule has 38 heavy (non-hydrogen) atoms. The summed E-state index contributed by atoms with van der Waals surface area (Å²) in [6.07, 6.45) is 3.31. The second kappa shape index (κ2) is 9.87. The van der Waals surface area contributed by atoms with Gasteiger partial charge in [-0.2, -0.15) is 0 Å². The van der Waals surface area contributed by atoms with Crippen LogP contribution in [0.25, 0.3) is 11.3 Å². The number of piperazine rings is 1. The molecule has 2 aliphatic heterocycles. The van der Waals surface area contributed by atoms with Crippen molar-refractivity contribution in [2.24, 2.45) is 0 Å². The first kappa shape index (κ1) is 24.6. The molecule has 1 saturated carbocycles. The van der Waals surface area contributed by atoms with Crippen molar-refractivity contribution in [1.29, 1.82) is 0 Å². The Kier molecular flexibility index (Phi) is 6.39. The zero-order valence-electron chi connectivity index (χ0n) is 21.7. The highest BCUT2D eigenvalue weighted by Gasteiger charge is 2.34. The SMILES string of the molecule is C=C1COc2c(C3CC3)cc(-c3nc(Nc4ccc(N5CCNCC5)c(F)c4)ncc3F)cc2N1C(C)C. The number of fused-ring (bicyclic) bond motifs is 1. The lowest BCUT2D eigenvalue weighted by atomic mass is 9.99. The quantitative estimate of drug-likeness (QED) is 0.442. The van der Waals surface area contributed by atoms with Gasteiger partial charge < -0.3 is 25.2 Å². The number of anilines is 4. The molecule has 9 heteroatoms. The van der Waals surface area contributed by atoms with Crippen LogP contribution in [0.3, 0.4) is 0 Å². The minimum atomic E-state index is -0.524. The number of ether oxygens (including phenoxy) is 1. The smallest absolute Gasteiger partial charge is 0.227 e. The Balaban J connectivity index is 1.33. The van der Waals surface area contributed by atoms with E-state index in [0.29, 0.717) is 29.5 Å². The number of nitrogens with one attached hydrogen (secondary N) is 2. The summed E-state index contributed by atoms with van der Waals surface area (Å²) in [6.45, 7) is 12.0. The lowest BCUT2D eigenvalue weighted by molar-refractivity contribution is 0.328. The van der Waals surface area contributed by atoms with E-state index in [2.05, 4.69) is 45.9 Å². The van der Waals surface area contributed by atoms with E-state index in [4.69, 9.17) is 4.74 Å². The van der Waals surface area contributed by atoms with E-state index in [1.807, 2.05) is 17.0 Å². The van der Waals surface area contributed by atoms with Crippen molar-refractivity contribution in [3.05, 3.63) is 66.0 Å². The number of benzene rings is 2. The van der Waals surface area contributed by atoms with Crippen LogP contribution < -0.4 is 25.2 Å². The van der Waals surface area contributed by atoms with Crippen molar-refractivity contribution < 1.29 is 13.5 Å². The van der Waals surface area contributed by atoms with Crippen LogP contribution in [0.2, 0.25) is 0 Å². The summed E-state index contributed by atoms with van der Waals surface area (Å²) >= 11 is 0. The molecule has 0 unspecified atom stereocenters. The van der Waals surface area contributed by atoms with Gasteiger partial charge >= 0.3 is 0 Å². The van der Waals surface area contributed by atoms with E-state index in [-0.39, 0.29) is 23.5 Å². The molecular formula is C29H32F2N6O.